The molecule has 13 heteroatoms. The van der Waals surface area contributed by atoms with Crippen molar-refractivity contribution < 1.29 is 41.4 Å². The molecule has 3 aliphatic rings. The molecule has 0 radical (unpaired) electrons. The zero-order chi connectivity index (χ0) is 35.3. The number of alkyl halides is 4. The van der Waals surface area contributed by atoms with Crippen LogP contribution in [0, 0.1) is 11.8 Å². The molecule has 2 amide bonds. The highest BCUT2D eigenvalue weighted by atomic mass is 19.4. The van der Waals surface area contributed by atoms with Gasteiger partial charge in [0.05, 0.1) is 12.7 Å². The minimum absolute atomic E-state index is 0.0417. The molecule has 49 heavy (non-hydrogen) atoms. The number of benzene rings is 2. The predicted octanol–water partition coefficient (Wildman–Crippen LogP) is 5.20. The van der Waals surface area contributed by atoms with Gasteiger partial charge in [0.15, 0.2) is 0 Å². The number of carbonyl (C=O) groups excluding carboxylic acids is 2. The number of carbonyl (C=O) groups is 2. The molecule has 9 nitrogen and oxygen atoms in total. The van der Waals surface area contributed by atoms with Crippen molar-refractivity contribution in [3.8, 4) is 5.75 Å². The summed E-state index contributed by atoms with van der Waals surface area (Å²) in [5.74, 6) is -2.17. The van der Waals surface area contributed by atoms with Crippen LogP contribution in [0.5, 0.6) is 5.75 Å². The molecule has 0 saturated carbocycles. The first-order valence-electron chi connectivity index (χ1n) is 17.0. The van der Waals surface area contributed by atoms with Crippen LogP contribution in [-0.2, 0) is 25.2 Å². The first kappa shape index (κ1) is 36.9. The molecular weight excluding hydrogens is 644 g/mol. The van der Waals surface area contributed by atoms with Gasteiger partial charge in [0.1, 0.15) is 5.75 Å². The first-order chi connectivity index (χ1) is 23.3. The molecule has 3 N–H and O–H groups in total. The van der Waals surface area contributed by atoms with Gasteiger partial charge in [-0.05, 0) is 67.0 Å². The number of nitrogens with one attached hydrogen (secondary N) is 1. The number of rotatable bonds is 13. The monoisotopic (exact) mass is 692 g/mol. The molecule has 0 spiro atoms. The molecule has 270 valence electrons. The van der Waals surface area contributed by atoms with E-state index in [2.05, 4.69) is 10.2 Å². The Morgan fingerprint density at radius 3 is 2.41 bits per heavy atom. The van der Waals surface area contributed by atoms with Crippen LogP contribution in [0.4, 0.5) is 23.2 Å². The van der Waals surface area contributed by atoms with Gasteiger partial charge in [0.25, 0.3) is 5.91 Å². The normalized spacial score (nSPS) is 25.8. The zero-order valence-corrected chi connectivity index (χ0v) is 28.4. The Morgan fingerprint density at radius 2 is 1.78 bits per heavy atom. The lowest BCUT2D eigenvalue weighted by Gasteiger charge is -2.32. The number of nitrogens with zero attached hydrogens (tertiary/aromatic N) is 2. The number of anilines is 1. The maximum atomic E-state index is 17.5. The maximum Gasteiger partial charge on any atom is 0.416 e. The van der Waals surface area contributed by atoms with Crippen molar-refractivity contribution >= 4 is 17.5 Å². The summed E-state index contributed by atoms with van der Waals surface area (Å²) in [5.41, 5.74) is 4.13. The standard InChI is InChI=1S/C36H48F4N4O5/c1-23-19-43(20-30(23)29-9-6-26(36(38,39)40)18-32(29)42-14-10-25(33(41)45)11-15-47-2)34(46)35(37)22-44(27-12-16-49-17-13-27)21-31(35)24-4-7-28(48-3)8-5-24/h4-9,18,23,25,27,30-31,42H,10-17,19-22H2,1-3H3,(H2,41,45)/t23-,25?,30-,31-,35-/m0/s1. The number of likely N-dealkylation sites (tertiary alicyclic amines) is 2. The average Bonchev–Trinajstić information content (AvgIpc) is 3.66. The van der Waals surface area contributed by atoms with Crippen LogP contribution in [0.25, 0.3) is 0 Å². The summed E-state index contributed by atoms with van der Waals surface area (Å²) in [7, 11) is 3.07. The lowest BCUT2D eigenvalue weighted by Crippen LogP contribution is -2.50. The van der Waals surface area contributed by atoms with E-state index < -0.39 is 41.1 Å². The van der Waals surface area contributed by atoms with Crippen LogP contribution in [0.1, 0.15) is 61.1 Å². The summed E-state index contributed by atoms with van der Waals surface area (Å²) in [6, 6.07) is 10.8. The second-order valence-electron chi connectivity index (χ2n) is 13.7. The van der Waals surface area contributed by atoms with Gasteiger partial charge in [0, 0.05) is 89.1 Å². The predicted molar refractivity (Wildman–Crippen MR) is 177 cm³/mol. The summed E-state index contributed by atoms with van der Waals surface area (Å²) in [6.07, 6.45) is -2.34. The SMILES string of the molecule is COCCC(CCNc1cc(C(F)(F)F)ccc1[C@H]1CN(C(=O)[C@]2(F)CN(C3CCOCC3)C[C@H]2c2ccc(OC)cc2)C[C@@H]1C)C(N)=O. The lowest BCUT2D eigenvalue weighted by atomic mass is 9.85. The van der Waals surface area contributed by atoms with Gasteiger partial charge in [-0.3, -0.25) is 14.5 Å². The van der Waals surface area contributed by atoms with Crippen LogP contribution in [-0.4, -0.2) is 100 Å². The Morgan fingerprint density at radius 1 is 1.06 bits per heavy atom. The van der Waals surface area contributed by atoms with Crippen LogP contribution in [0.2, 0.25) is 0 Å². The number of hydrogen-bond donors (Lipinski definition) is 2. The molecule has 3 aliphatic heterocycles. The molecule has 5 rings (SSSR count). The summed E-state index contributed by atoms with van der Waals surface area (Å²) in [5, 5.41) is 3.12. The van der Waals surface area contributed by atoms with Crippen molar-refractivity contribution in [3.05, 3.63) is 59.2 Å². The molecule has 1 unspecified atom stereocenters. The van der Waals surface area contributed by atoms with E-state index in [9.17, 15) is 22.8 Å². The minimum Gasteiger partial charge on any atom is -0.497 e. The molecule has 0 aliphatic carbocycles. The van der Waals surface area contributed by atoms with Crippen LogP contribution in [0.3, 0.4) is 0 Å². The van der Waals surface area contributed by atoms with Crippen LogP contribution < -0.4 is 15.8 Å². The number of hydrogen-bond acceptors (Lipinski definition) is 7. The van der Waals surface area contributed by atoms with Gasteiger partial charge in [-0.2, -0.15) is 13.2 Å². The van der Waals surface area contributed by atoms with Crippen molar-refractivity contribution in [3.63, 3.8) is 0 Å². The third-order valence-electron chi connectivity index (χ3n) is 10.5. The number of primary amides is 1. The van der Waals surface area contributed by atoms with Gasteiger partial charge in [-0.15, -0.1) is 0 Å². The van der Waals surface area contributed by atoms with E-state index >= 15 is 4.39 Å². The van der Waals surface area contributed by atoms with Crippen molar-refractivity contribution in [2.24, 2.45) is 17.6 Å². The Balaban J connectivity index is 1.38. The van der Waals surface area contributed by atoms with E-state index in [0.29, 0.717) is 56.1 Å². The van der Waals surface area contributed by atoms with E-state index in [-0.39, 0.29) is 49.7 Å². The fourth-order valence-corrected chi connectivity index (χ4v) is 7.68. The molecule has 0 aromatic heterocycles. The van der Waals surface area contributed by atoms with Crippen molar-refractivity contribution in [1.29, 1.82) is 0 Å². The highest BCUT2D eigenvalue weighted by Crippen LogP contribution is 2.45. The Labute approximate surface area is 285 Å². The molecule has 2 aromatic carbocycles. The fourth-order valence-electron chi connectivity index (χ4n) is 7.68. The number of amides is 2. The Kier molecular flexibility index (Phi) is 11.8. The summed E-state index contributed by atoms with van der Waals surface area (Å²) < 4.78 is 74.8. The molecular formula is C36H48F4N4O5. The average molecular weight is 693 g/mol. The van der Waals surface area contributed by atoms with Crippen molar-refractivity contribution in [2.45, 2.75) is 62.3 Å². The molecule has 2 aromatic rings. The van der Waals surface area contributed by atoms with Gasteiger partial charge in [-0.1, -0.05) is 25.1 Å². The molecule has 3 heterocycles. The fraction of sp³-hybridized carbons (Fsp3) is 0.611. The molecule has 5 atom stereocenters. The summed E-state index contributed by atoms with van der Waals surface area (Å²) >= 11 is 0. The Bertz CT molecular complexity index is 1440. The maximum absolute atomic E-state index is 17.5. The number of halogens is 4. The second kappa shape index (κ2) is 15.6. The quantitative estimate of drug-likeness (QED) is 0.278. The van der Waals surface area contributed by atoms with E-state index in [0.717, 1.165) is 25.0 Å². The van der Waals surface area contributed by atoms with E-state index in [1.807, 2.05) is 19.1 Å². The van der Waals surface area contributed by atoms with Gasteiger partial charge in [0.2, 0.25) is 11.6 Å². The minimum atomic E-state index is -4.57. The summed E-state index contributed by atoms with van der Waals surface area (Å²) in [4.78, 5) is 29.9. The topological polar surface area (TPSA) is 106 Å². The van der Waals surface area contributed by atoms with Crippen molar-refractivity contribution in [2.75, 3.05) is 72.1 Å². The smallest absolute Gasteiger partial charge is 0.416 e. The third kappa shape index (κ3) is 8.32. The van der Waals surface area contributed by atoms with Gasteiger partial charge < -0.3 is 30.2 Å². The van der Waals surface area contributed by atoms with E-state index in [1.54, 1.807) is 24.1 Å². The third-order valence-corrected chi connectivity index (χ3v) is 10.5. The zero-order valence-electron chi connectivity index (χ0n) is 28.4. The lowest BCUT2D eigenvalue weighted by molar-refractivity contribution is -0.143. The Hall–Kier alpha value is -3.42. The van der Waals surface area contributed by atoms with Crippen molar-refractivity contribution in [1.82, 2.24) is 9.80 Å². The van der Waals surface area contributed by atoms with E-state index in [4.69, 9.17) is 19.9 Å². The van der Waals surface area contributed by atoms with Gasteiger partial charge >= 0.3 is 6.18 Å². The van der Waals surface area contributed by atoms with Crippen LogP contribution in [0.15, 0.2) is 42.5 Å². The number of ether oxygens (including phenoxy) is 3. The summed E-state index contributed by atoms with van der Waals surface area (Å²) in [6.45, 7) is 4.42. The molecule has 3 fully saturated rings. The second-order valence-corrected chi connectivity index (χ2v) is 13.7. The van der Waals surface area contributed by atoms with E-state index in [1.165, 1.54) is 13.2 Å². The first-order valence-corrected chi connectivity index (χ1v) is 17.0. The highest BCUT2D eigenvalue weighted by Gasteiger charge is 2.57. The van der Waals surface area contributed by atoms with Crippen LogP contribution >= 0.6 is 0 Å². The molecule has 3 saturated heterocycles. The largest absolute Gasteiger partial charge is 0.497 e. The molecule has 0 bridgehead atoms. The highest BCUT2D eigenvalue weighted by molar-refractivity contribution is 5.88. The number of methoxy groups -OCH3 is 2. The van der Waals surface area contributed by atoms with Gasteiger partial charge in [-0.25, -0.2) is 4.39 Å². The number of nitrogens with two attached hydrogens (primary N) is 1.